The minimum atomic E-state index is -0.486. The highest BCUT2D eigenvalue weighted by atomic mass is 16.6. The molecule has 0 amide bonds. The highest BCUT2D eigenvalue weighted by Crippen LogP contribution is 2.17. The van der Waals surface area contributed by atoms with E-state index in [1.807, 2.05) is 27.7 Å². The van der Waals surface area contributed by atoms with Crippen molar-refractivity contribution in [3.63, 3.8) is 0 Å². The third kappa shape index (κ3) is 10.6. The minimum absolute atomic E-state index is 0.154. The van der Waals surface area contributed by atoms with Crippen molar-refractivity contribution < 1.29 is 19.1 Å². The number of esters is 2. The molecule has 0 aliphatic heterocycles. The molecule has 4 nitrogen and oxygen atoms in total. The highest BCUT2D eigenvalue weighted by Gasteiger charge is 2.23. The summed E-state index contributed by atoms with van der Waals surface area (Å²) >= 11 is 0. The molecule has 0 aromatic heterocycles. The van der Waals surface area contributed by atoms with Crippen LogP contribution in [-0.2, 0) is 19.1 Å². The summed E-state index contributed by atoms with van der Waals surface area (Å²) < 4.78 is 10.5. The molecule has 0 aliphatic carbocycles. The predicted molar refractivity (Wildman–Crippen MR) is 88.5 cm³/mol. The van der Waals surface area contributed by atoms with Gasteiger partial charge in [0.1, 0.15) is 12.5 Å². The van der Waals surface area contributed by atoms with Crippen LogP contribution in [0.4, 0.5) is 0 Å². The largest absolute Gasteiger partial charge is 0.465 e. The van der Waals surface area contributed by atoms with Gasteiger partial charge in [-0.05, 0) is 18.3 Å². The van der Waals surface area contributed by atoms with Gasteiger partial charge >= 0.3 is 11.9 Å². The van der Waals surface area contributed by atoms with Gasteiger partial charge in [0.2, 0.25) is 0 Å². The van der Waals surface area contributed by atoms with E-state index in [1.165, 1.54) is 25.7 Å². The van der Waals surface area contributed by atoms with Crippen molar-refractivity contribution in [2.75, 3.05) is 6.61 Å². The zero-order valence-corrected chi connectivity index (χ0v) is 15.0. The van der Waals surface area contributed by atoms with Crippen molar-refractivity contribution >= 4 is 11.9 Å². The summed E-state index contributed by atoms with van der Waals surface area (Å²) in [6.45, 7) is 10.6. The van der Waals surface area contributed by atoms with Crippen LogP contribution < -0.4 is 0 Å². The second-order valence-electron chi connectivity index (χ2n) is 6.61. The summed E-state index contributed by atoms with van der Waals surface area (Å²) in [5.74, 6) is -0.489. The normalized spacial score (nSPS) is 11.3. The Labute approximate surface area is 135 Å². The average molecular weight is 314 g/mol. The fourth-order valence-electron chi connectivity index (χ4n) is 2.47. The Morgan fingerprint density at radius 3 is 1.91 bits per heavy atom. The fourth-order valence-corrected chi connectivity index (χ4v) is 2.47. The van der Waals surface area contributed by atoms with Gasteiger partial charge in [-0.1, -0.05) is 66.7 Å². The third-order valence-electron chi connectivity index (χ3n) is 3.63. The molecule has 0 atom stereocenters. The molecule has 0 aliphatic rings. The number of hydrogen-bond acceptors (Lipinski definition) is 4. The molecule has 0 aromatic rings. The monoisotopic (exact) mass is 314 g/mol. The Hall–Kier alpha value is -1.06. The van der Waals surface area contributed by atoms with Gasteiger partial charge in [-0.3, -0.25) is 9.59 Å². The van der Waals surface area contributed by atoms with E-state index in [0.717, 1.165) is 12.8 Å². The van der Waals surface area contributed by atoms with E-state index >= 15 is 0 Å². The Morgan fingerprint density at radius 1 is 0.818 bits per heavy atom. The average Bonchev–Trinajstić information content (AvgIpc) is 2.43. The van der Waals surface area contributed by atoms with Crippen molar-refractivity contribution in [1.29, 1.82) is 0 Å². The number of ether oxygens (including phenoxy) is 2. The molecule has 0 rings (SSSR count). The molecule has 130 valence electrons. The molecule has 22 heavy (non-hydrogen) atoms. The van der Waals surface area contributed by atoms with Crippen LogP contribution in [0.1, 0.15) is 79.6 Å². The molecule has 0 aromatic carbocycles. The van der Waals surface area contributed by atoms with Gasteiger partial charge in [0.25, 0.3) is 0 Å². The van der Waals surface area contributed by atoms with Gasteiger partial charge in [-0.25, -0.2) is 0 Å². The summed E-state index contributed by atoms with van der Waals surface area (Å²) in [5.41, 5.74) is 0. The van der Waals surface area contributed by atoms with E-state index in [4.69, 9.17) is 9.47 Å². The van der Waals surface area contributed by atoms with Crippen LogP contribution in [0.3, 0.4) is 0 Å². The molecule has 0 N–H and O–H groups in total. The van der Waals surface area contributed by atoms with Gasteiger partial charge in [-0.2, -0.15) is 0 Å². The number of rotatable bonds is 12. The minimum Gasteiger partial charge on any atom is -0.465 e. The zero-order valence-electron chi connectivity index (χ0n) is 15.0. The second kappa shape index (κ2) is 12.5. The Kier molecular flexibility index (Phi) is 11.9. The maximum Gasteiger partial charge on any atom is 0.317 e. The van der Waals surface area contributed by atoms with Crippen LogP contribution in [0.2, 0.25) is 0 Å². The summed E-state index contributed by atoms with van der Waals surface area (Å²) in [6.07, 6.45) is 6.40. The van der Waals surface area contributed by atoms with Crippen LogP contribution in [-0.4, -0.2) is 24.6 Å². The maximum atomic E-state index is 11.8. The van der Waals surface area contributed by atoms with Crippen LogP contribution in [0.15, 0.2) is 0 Å². The Balaban J connectivity index is 3.80. The molecule has 0 spiro atoms. The van der Waals surface area contributed by atoms with E-state index in [1.54, 1.807) is 0 Å². The molecular formula is C18H34O4. The molecule has 0 saturated heterocycles. The van der Waals surface area contributed by atoms with Gasteiger partial charge in [0.05, 0.1) is 6.61 Å². The Bertz CT molecular complexity index is 302. The summed E-state index contributed by atoms with van der Waals surface area (Å²) in [6, 6.07) is 0. The smallest absolute Gasteiger partial charge is 0.317 e. The number of carbonyl (C=O) groups is 2. The molecule has 4 heteroatoms. The summed E-state index contributed by atoms with van der Waals surface area (Å²) in [5, 5.41) is 0. The lowest BCUT2D eigenvalue weighted by Gasteiger charge is -2.24. The summed E-state index contributed by atoms with van der Waals surface area (Å²) in [7, 11) is 0. The first kappa shape index (κ1) is 20.9. The SMILES string of the molecule is CCCCCCCCOC(=O)CC(=O)OC(C(C)C)C(C)C. The number of hydrogen-bond donors (Lipinski definition) is 0. The third-order valence-corrected chi connectivity index (χ3v) is 3.63. The lowest BCUT2D eigenvalue weighted by molar-refractivity contribution is -0.161. The van der Waals surface area contributed by atoms with Crippen molar-refractivity contribution in [3.05, 3.63) is 0 Å². The molecule has 0 radical (unpaired) electrons. The summed E-state index contributed by atoms with van der Waals surface area (Å²) in [4.78, 5) is 23.3. The number of unbranched alkanes of at least 4 members (excludes halogenated alkanes) is 5. The van der Waals surface area contributed by atoms with E-state index < -0.39 is 11.9 Å². The van der Waals surface area contributed by atoms with Crippen LogP contribution in [0, 0.1) is 11.8 Å². The van der Waals surface area contributed by atoms with Crippen molar-refractivity contribution in [2.45, 2.75) is 85.7 Å². The Morgan fingerprint density at radius 2 is 1.36 bits per heavy atom. The van der Waals surface area contributed by atoms with Gasteiger partial charge in [-0.15, -0.1) is 0 Å². The van der Waals surface area contributed by atoms with Gasteiger partial charge in [0.15, 0.2) is 0 Å². The molecule has 0 heterocycles. The first-order valence-corrected chi connectivity index (χ1v) is 8.73. The predicted octanol–water partition coefficient (Wildman–Crippen LogP) is 4.50. The zero-order chi connectivity index (χ0) is 17.0. The van der Waals surface area contributed by atoms with E-state index in [-0.39, 0.29) is 24.4 Å². The topological polar surface area (TPSA) is 52.6 Å². The standard InChI is InChI=1S/C18H34O4/c1-6-7-8-9-10-11-12-21-16(19)13-17(20)22-18(14(2)3)15(4)5/h14-15,18H,6-13H2,1-5H3. The van der Waals surface area contributed by atoms with Crippen molar-refractivity contribution in [3.8, 4) is 0 Å². The first-order chi connectivity index (χ1) is 10.4. The molecule has 0 fully saturated rings. The van der Waals surface area contributed by atoms with Gasteiger partial charge in [0, 0.05) is 0 Å². The van der Waals surface area contributed by atoms with E-state index in [2.05, 4.69) is 6.92 Å². The second-order valence-corrected chi connectivity index (χ2v) is 6.61. The molecule has 0 bridgehead atoms. The molecule has 0 saturated carbocycles. The van der Waals surface area contributed by atoms with Gasteiger partial charge < -0.3 is 9.47 Å². The lowest BCUT2D eigenvalue weighted by atomic mass is 9.96. The van der Waals surface area contributed by atoms with Crippen molar-refractivity contribution in [1.82, 2.24) is 0 Å². The van der Waals surface area contributed by atoms with E-state index in [9.17, 15) is 9.59 Å². The quantitative estimate of drug-likeness (QED) is 0.302. The lowest BCUT2D eigenvalue weighted by Crippen LogP contribution is -2.29. The first-order valence-electron chi connectivity index (χ1n) is 8.73. The maximum absolute atomic E-state index is 11.8. The molecular weight excluding hydrogens is 280 g/mol. The van der Waals surface area contributed by atoms with Crippen LogP contribution in [0.25, 0.3) is 0 Å². The highest BCUT2D eigenvalue weighted by molar-refractivity contribution is 5.91. The van der Waals surface area contributed by atoms with Crippen LogP contribution >= 0.6 is 0 Å². The fraction of sp³-hybridized carbons (Fsp3) is 0.889. The molecule has 0 unspecified atom stereocenters. The number of carbonyl (C=O) groups excluding carboxylic acids is 2. The van der Waals surface area contributed by atoms with Crippen molar-refractivity contribution in [2.24, 2.45) is 11.8 Å². The van der Waals surface area contributed by atoms with E-state index in [0.29, 0.717) is 6.61 Å². The van der Waals surface area contributed by atoms with Crippen LogP contribution in [0.5, 0.6) is 0 Å².